The van der Waals surface area contributed by atoms with E-state index in [1.165, 1.54) is 11.3 Å². The molecule has 1 amide bonds. The second-order valence-corrected chi connectivity index (χ2v) is 7.81. The van der Waals surface area contributed by atoms with Crippen LogP contribution in [0.3, 0.4) is 0 Å². The first-order valence-electron chi connectivity index (χ1n) is 8.81. The summed E-state index contributed by atoms with van der Waals surface area (Å²) >= 11 is 1.47. The number of piperazine rings is 1. The van der Waals surface area contributed by atoms with Gasteiger partial charge in [0.2, 0.25) is 0 Å². The van der Waals surface area contributed by atoms with Crippen LogP contribution in [0.25, 0.3) is 0 Å². The Morgan fingerprint density at radius 2 is 1.92 bits per heavy atom. The average molecular weight is 393 g/mol. The smallest absolute Gasteiger partial charge is 0.372 e. The lowest BCUT2D eigenvalue weighted by molar-refractivity contribution is -0.174. The number of hydrogen-bond donors (Lipinski definition) is 0. The van der Waals surface area contributed by atoms with Crippen LogP contribution in [0.5, 0.6) is 0 Å². The average Bonchev–Trinajstić information content (AvgIpc) is 2.95. The highest BCUT2D eigenvalue weighted by atomic mass is 32.1. The highest BCUT2D eigenvalue weighted by molar-refractivity contribution is 7.13. The van der Waals surface area contributed by atoms with Crippen LogP contribution in [0.1, 0.15) is 46.6 Å². The van der Waals surface area contributed by atoms with Crippen molar-refractivity contribution in [2.75, 3.05) is 45.9 Å². The van der Waals surface area contributed by atoms with Crippen molar-refractivity contribution in [3.05, 3.63) is 15.6 Å². The topological polar surface area (TPSA) is 45.7 Å². The number of rotatable bonds is 7. The zero-order valence-corrected chi connectivity index (χ0v) is 16.3. The van der Waals surface area contributed by atoms with Crippen LogP contribution in [0.2, 0.25) is 0 Å². The molecule has 1 saturated heterocycles. The van der Waals surface area contributed by atoms with Crippen LogP contribution in [0.15, 0.2) is 0 Å². The Bertz CT molecular complexity index is 597. The summed E-state index contributed by atoms with van der Waals surface area (Å²) < 4.78 is 40.6. The predicted molar refractivity (Wildman–Crippen MR) is 94.8 cm³/mol. The summed E-state index contributed by atoms with van der Waals surface area (Å²) in [5, 5.41) is 0.975. The molecule has 1 aliphatic heterocycles. The van der Waals surface area contributed by atoms with Crippen molar-refractivity contribution >= 4 is 17.2 Å². The molecule has 5 nitrogen and oxygen atoms in total. The minimum atomic E-state index is -4.27. The summed E-state index contributed by atoms with van der Waals surface area (Å²) in [6, 6.07) is 0. The third kappa shape index (κ3) is 6.21. The molecule has 0 aromatic carbocycles. The lowest BCUT2D eigenvalue weighted by Gasteiger charge is -2.34. The SMILES string of the molecule is Cc1nc(C(C)C)sc1C(=O)N1CCN(CCCOCC(F)(F)F)CC1. The Morgan fingerprint density at radius 3 is 2.46 bits per heavy atom. The van der Waals surface area contributed by atoms with Crippen LogP contribution in [0.4, 0.5) is 13.2 Å². The first kappa shape index (κ1) is 21.1. The molecular formula is C17H26F3N3O2S. The van der Waals surface area contributed by atoms with Gasteiger partial charge < -0.3 is 9.64 Å². The predicted octanol–water partition coefficient (Wildman–Crippen LogP) is 3.30. The van der Waals surface area contributed by atoms with Gasteiger partial charge in [-0.05, 0) is 13.3 Å². The number of carbonyl (C=O) groups excluding carboxylic acids is 1. The maximum Gasteiger partial charge on any atom is 0.411 e. The number of hydrogen-bond acceptors (Lipinski definition) is 5. The molecule has 0 spiro atoms. The van der Waals surface area contributed by atoms with Crippen molar-refractivity contribution in [3.8, 4) is 0 Å². The van der Waals surface area contributed by atoms with Gasteiger partial charge in [-0.1, -0.05) is 13.8 Å². The Labute approximate surface area is 156 Å². The monoisotopic (exact) mass is 393 g/mol. The molecule has 1 fully saturated rings. The first-order valence-corrected chi connectivity index (χ1v) is 9.62. The number of thiazole rings is 1. The summed E-state index contributed by atoms with van der Waals surface area (Å²) in [6.45, 7) is 8.25. The molecule has 0 bridgehead atoms. The second kappa shape index (κ2) is 9.14. The summed E-state index contributed by atoms with van der Waals surface area (Å²) in [6.07, 6.45) is -3.72. The summed E-state index contributed by atoms with van der Waals surface area (Å²) in [4.78, 5) is 21.9. The number of alkyl halides is 3. The van der Waals surface area contributed by atoms with Crippen molar-refractivity contribution in [2.45, 2.75) is 39.3 Å². The maximum absolute atomic E-state index is 12.7. The Hall–Kier alpha value is -1.19. The Morgan fingerprint density at radius 1 is 1.27 bits per heavy atom. The summed E-state index contributed by atoms with van der Waals surface area (Å²) in [7, 11) is 0. The Balaban J connectivity index is 1.73. The maximum atomic E-state index is 12.7. The number of amides is 1. The molecule has 0 aliphatic carbocycles. The molecule has 0 saturated carbocycles. The minimum absolute atomic E-state index is 0.0278. The lowest BCUT2D eigenvalue weighted by Crippen LogP contribution is -2.48. The zero-order valence-electron chi connectivity index (χ0n) is 15.4. The van der Waals surface area contributed by atoms with Crippen molar-refractivity contribution in [3.63, 3.8) is 0 Å². The van der Waals surface area contributed by atoms with Gasteiger partial charge >= 0.3 is 6.18 Å². The molecule has 26 heavy (non-hydrogen) atoms. The van der Waals surface area contributed by atoms with E-state index in [9.17, 15) is 18.0 Å². The van der Waals surface area contributed by atoms with Gasteiger partial charge in [0, 0.05) is 45.2 Å². The fraction of sp³-hybridized carbons (Fsp3) is 0.765. The fourth-order valence-electron chi connectivity index (χ4n) is 2.76. The molecule has 0 radical (unpaired) electrons. The van der Waals surface area contributed by atoms with E-state index in [1.807, 2.05) is 11.8 Å². The number of carbonyl (C=O) groups is 1. The third-order valence-electron chi connectivity index (χ3n) is 4.19. The number of halogens is 3. The summed E-state index contributed by atoms with van der Waals surface area (Å²) in [5.41, 5.74) is 0.785. The van der Waals surface area contributed by atoms with Crippen LogP contribution >= 0.6 is 11.3 Å². The fourth-order valence-corrected chi connectivity index (χ4v) is 3.80. The number of nitrogens with zero attached hydrogens (tertiary/aromatic N) is 3. The molecular weight excluding hydrogens is 367 g/mol. The van der Waals surface area contributed by atoms with Gasteiger partial charge in [0.25, 0.3) is 5.91 Å². The van der Waals surface area contributed by atoms with E-state index < -0.39 is 12.8 Å². The molecule has 1 aromatic rings. The van der Waals surface area contributed by atoms with Gasteiger partial charge in [-0.25, -0.2) is 4.98 Å². The molecule has 9 heteroatoms. The van der Waals surface area contributed by atoms with E-state index >= 15 is 0 Å². The van der Waals surface area contributed by atoms with Gasteiger partial charge in [0.05, 0.1) is 10.7 Å². The van der Waals surface area contributed by atoms with Crippen molar-refractivity contribution in [1.29, 1.82) is 0 Å². The highest BCUT2D eigenvalue weighted by Gasteiger charge is 2.28. The largest absolute Gasteiger partial charge is 0.411 e. The lowest BCUT2D eigenvalue weighted by atomic mass is 10.2. The van der Waals surface area contributed by atoms with Crippen molar-refractivity contribution < 1.29 is 22.7 Å². The van der Waals surface area contributed by atoms with E-state index in [0.29, 0.717) is 36.9 Å². The molecule has 0 atom stereocenters. The van der Waals surface area contributed by atoms with Crippen molar-refractivity contribution in [2.24, 2.45) is 0 Å². The molecule has 1 aliphatic rings. The molecule has 0 unspecified atom stereocenters. The first-order chi connectivity index (χ1) is 12.2. The van der Waals surface area contributed by atoms with Gasteiger partial charge in [0.1, 0.15) is 11.5 Å². The number of aryl methyl sites for hydroxylation is 1. The van der Waals surface area contributed by atoms with Crippen LogP contribution in [-0.2, 0) is 4.74 Å². The van der Waals surface area contributed by atoms with E-state index in [0.717, 1.165) is 23.8 Å². The van der Waals surface area contributed by atoms with Crippen LogP contribution in [-0.4, -0.2) is 72.8 Å². The standard InChI is InChI=1S/C17H26F3N3O2S/c1-12(2)15-21-13(3)14(26-15)16(24)23-8-6-22(7-9-23)5-4-10-25-11-17(18,19)20/h12H,4-11H2,1-3H3. The van der Waals surface area contributed by atoms with Gasteiger partial charge in [-0.3, -0.25) is 9.69 Å². The highest BCUT2D eigenvalue weighted by Crippen LogP contribution is 2.26. The van der Waals surface area contributed by atoms with Gasteiger partial charge in [-0.2, -0.15) is 13.2 Å². The van der Waals surface area contributed by atoms with Crippen LogP contribution in [0, 0.1) is 6.92 Å². The van der Waals surface area contributed by atoms with E-state index in [1.54, 1.807) is 0 Å². The number of aromatic nitrogens is 1. The van der Waals surface area contributed by atoms with Gasteiger partial charge in [-0.15, -0.1) is 11.3 Å². The summed E-state index contributed by atoms with van der Waals surface area (Å²) in [5.74, 6) is 0.330. The van der Waals surface area contributed by atoms with Crippen LogP contribution < -0.4 is 0 Å². The zero-order chi connectivity index (χ0) is 19.3. The third-order valence-corrected chi connectivity index (χ3v) is 5.64. The van der Waals surface area contributed by atoms with Gasteiger partial charge in [0.15, 0.2) is 0 Å². The Kier molecular flexibility index (Phi) is 7.42. The van der Waals surface area contributed by atoms with Crippen molar-refractivity contribution in [1.82, 2.24) is 14.8 Å². The number of ether oxygens (including phenoxy) is 1. The minimum Gasteiger partial charge on any atom is -0.372 e. The molecule has 2 heterocycles. The molecule has 0 N–H and O–H groups in total. The second-order valence-electron chi connectivity index (χ2n) is 6.78. The van der Waals surface area contributed by atoms with E-state index in [2.05, 4.69) is 28.5 Å². The van der Waals surface area contributed by atoms with E-state index in [4.69, 9.17) is 0 Å². The quantitative estimate of drug-likeness (QED) is 0.667. The van der Waals surface area contributed by atoms with E-state index in [-0.39, 0.29) is 12.5 Å². The molecule has 1 aromatic heterocycles. The normalized spacial score (nSPS) is 16.5. The molecule has 2 rings (SSSR count). The molecule has 148 valence electrons.